The van der Waals surface area contributed by atoms with Gasteiger partial charge in [0.25, 0.3) is 0 Å². The summed E-state index contributed by atoms with van der Waals surface area (Å²) < 4.78 is 10.4. The van der Waals surface area contributed by atoms with Gasteiger partial charge in [-0.2, -0.15) is 0 Å². The zero-order chi connectivity index (χ0) is 20.0. The molecule has 0 saturated heterocycles. The highest BCUT2D eigenvalue weighted by atomic mass is 127. The number of carbonyl (C=O) groups excluding carboxylic acids is 1. The summed E-state index contributed by atoms with van der Waals surface area (Å²) in [5, 5.41) is 11.3. The maximum absolute atomic E-state index is 12.0. The number of nitrogens with one attached hydrogen (secondary N) is 2. The molecule has 2 heterocycles. The predicted molar refractivity (Wildman–Crippen MR) is 121 cm³/mol. The van der Waals surface area contributed by atoms with Crippen molar-refractivity contribution in [2.75, 3.05) is 13.7 Å². The third-order valence-electron chi connectivity index (χ3n) is 3.82. The highest BCUT2D eigenvalue weighted by Gasteiger charge is 2.20. The lowest BCUT2D eigenvalue weighted by Gasteiger charge is -2.15. The zero-order valence-electron chi connectivity index (χ0n) is 17.0. The van der Waals surface area contributed by atoms with Crippen molar-refractivity contribution in [1.82, 2.24) is 20.8 Å². The molecule has 10 heteroatoms. The number of thiazole rings is 1. The Labute approximate surface area is 186 Å². The van der Waals surface area contributed by atoms with Crippen molar-refractivity contribution >= 4 is 47.2 Å². The lowest BCUT2D eigenvalue weighted by Crippen LogP contribution is -2.38. The molecule has 0 spiro atoms. The molecule has 8 nitrogen and oxygen atoms in total. The van der Waals surface area contributed by atoms with E-state index < -0.39 is 0 Å². The summed E-state index contributed by atoms with van der Waals surface area (Å²) in [5.74, 6) is 1.33. The largest absolute Gasteiger partial charge is 0.462 e. The topological polar surface area (TPSA) is 102 Å². The van der Waals surface area contributed by atoms with Gasteiger partial charge in [0.2, 0.25) is 0 Å². The third kappa shape index (κ3) is 6.43. The second-order valence-electron chi connectivity index (χ2n) is 6.35. The Balaban J connectivity index is 0.00000392. The Kier molecular flexibility index (Phi) is 9.87. The van der Waals surface area contributed by atoms with Gasteiger partial charge in [0.1, 0.15) is 9.88 Å². The average Bonchev–Trinajstić information content (AvgIpc) is 3.25. The minimum absolute atomic E-state index is 0. The quantitative estimate of drug-likeness (QED) is 0.248. The minimum Gasteiger partial charge on any atom is -0.462 e. The molecule has 0 bridgehead atoms. The van der Waals surface area contributed by atoms with Crippen LogP contribution in [-0.2, 0) is 11.3 Å². The fraction of sp³-hybridized carbons (Fsp3) is 0.556. The van der Waals surface area contributed by atoms with Crippen LogP contribution in [0.2, 0.25) is 0 Å². The second kappa shape index (κ2) is 11.3. The lowest BCUT2D eigenvalue weighted by atomic mass is 10.1. The third-order valence-corrected chi connectivity index (χ3v) is 5.14. The van der Waals surface area contributed by atoms with Crippen LogP contribution in [0.25, 0.3) is 0 Å². The van der Waals surface area contributed by atoms with Gasteiger partial charge in [-0.05, 0) is 26.7 Å². The number of esters is 1. The molecule has 0 aromatic carbocycles. The second-order valence-corrected chi connectivity index (χ2v) is 7.38. The van der Waals surface area contributed by atoms with E-state index >= 15 is 0 Å². The average molecular weight is 521 g/mol. The van der Waals surface area contributed by atoms with Crippen LogP contribution >= 0.6 is 35.3 Å². The van der Waals surface area contributed by atoms with E-state index in [0.717, 1.165) is 16.5 Å². The number of hydrogen-bond donors (Lipinski definition) is 2. The van der Waals surface area contributed by atoms with Gasteiger partial charge in [0.15, 0.2) is 11.7 Å². The van der Waals surface area contributed by atoms with Crippen LogP contribution in [0.15, 0.2) is 15.6 Å². The highest BCUT2D eigenvalue weighted by Crippen LogP contribution is 2.24. The normalized spacial score (nSPS) is 12.5. The van der Waals surface area contributed by atoms with Crippen molar-refractivity contribution in [2.24, 2.45) is 4.99 Å². The van der Waals surface area contributed by atoms with E-state index in [4.69, 9.17) is 9.26 Å². The molecule has 2 rings (SSSR count). The molecule has 0 fully saturated rings. The van der Waals surface area contributed by atoms with Gasteiger partial charge in [0.05, 0.1) is 30.6 Å². The molecule has 0 aliphatic rings. The molecular weight excluding hydrogens is 493 g/mol. The van der Waals surface area contributed by atoms with Crippen LogP contribution in [0, 0.1) is 6.92 Å². The number of carbonyl (C=O) groups is 1. The predicted octanol–water partition coefficient (Wildman–Crippen LogP) is 3.78. The van der Waals surface area contributed by atoms with Crippen LogP contribution in [0.5, 0.6) is 0 Å². The van der Waals surface area contributed by atoms with Crippen molar-refractivity contribution in [3.8, 4) is 0 Å². The highest BCUT2D eigenvalue weighted by molar-refractivity contribution is 14.0. The van der Waals surface area contributed by atoms with Crippen LogP contribution in [0.3, 0.4) is 0 Å². The van der Waals surface area contributed by atoms with Crippen LogP contribution < -0.4 is 10.6 Å². The zero-order valence-corrected chi connectivity index (χ0v) is 20.2. The van der Waals surface area contributed by atoms with Gasteiger partial charge in [-0.25, -0.2) is 9.78 Å². The summed E-state index contributed by atoms with van der Waals surface area (Å²) in [5.41, 5.74) is 1.60. The number of hydrogen-bond acceptors (Lipinski definition) is 7. The number of aliphatic imine (C=N–C) groups is 1. The van der Waals surface area contributed by atoms with E-state index in [-0.39, 0.29) is 36.0 Å². The molecule has 28 heavy (non-hydrogen) atoms. The Morgan fingerprint density at radius 3 is 2.68 bits per heavy atom. The fourth-order valence-corrected chi connectivity index (χ4v) is 3.27. The number of ether oxygens (including phenoxy) is 1. The maximum Gasteiger partial charge on any atom is 0.350 e. The smallest absolute Gasteiger partial charge is 0.350 e. The van der Waals surface area contributed by atoms with Crippen molar-refractivity contribution in [2.45, 2.75) is 53.1 Å². The van der Waals surface area contributed by atoms with Crippen molar-refractivity contribution in [3.05, 3.63) is 33.1 Å². The molecule has 0 amide bonds. The maximum atomic E-state index is 12.0. The first-order chi connectivity index (χ1) is 12.8. The Morgan fingerprint density at radius 1 is 1.39 bits per heavy atom. The molecule has 156 valence electrons. The van der Waals surface area contributed by atoms with Crippen LogP contribution in [0.4, 0.5) is 0 Å². The first-order valence-electron chi connectivity index (χ1n) is 8.92. The van der Waals surface area contributed by atoms with Crippen molar-refractivity contribution < 1.29 is 14.1 Å². The minimum atomic E-state index is -0.334. The molecule has 1 atom stereocenters. The van der Waals surface area contributed by atoms with Crippen LogP contribution in [-0.4, -0.2) is 35.7 Å². The summed E-state index contributed by atoms with van der Waals surface area (Å²) in [6.45, 7) is 10.5. The summed E-state index contributed by atoms with van der Waals surface area (Å²) in [6, 6.07) is 1.81. The van der Waals surface area contributed by atoms with E-state index in [0.29, 0.717) is 35.6 Å². The van der Waals surface area contributed by atoms with Gasteiger partial charge in [-0.3, -0.25) is 4.99 Å². The van der Waals surface area contributed by atoms with E-state index in [1.807, 2.05) is 19.9 Å². The number of aryl methyl sites for hydroxylation is 1. The molecule has 2 aromatic heterocycles. The van der Waals surface area contributed by atoms with Crippen LogP contribution in [0.1, 0.15) is 71.5 Å². The Hall–Kier alpha value is -1.69. The molecule has 0 aliphatic heterocycles. The molecule has 0 radical (unpaired) electrons. The SMILES string of the molecule is CCOC(=O)c1sc(C(C)NC(=NC)NCc2cc(C(C)C)no2)nc1C.I. The standard InChI is InChI=1S/C18H27N5O3S.HI/c1-7-25-17(24)15-11(4)21-16(27-15)12(5)22-18(19-6)20-9-13-8-14(10(2)3)23-26-13;/h8,10,12H,7,9H2,1-6H3,(H2,19,20,22);1H. The molecular formula is C18H28IN5O3S. The molecule has 2 N–H and O–H groups in total. The number of rotatable bonds is 7. The molecule has 1 unspecified atom stereocenters. The number of halogens is 1. The van der Waals surface area contributed by atoms with E-state index in [1.54, 1.807) is 14.0 Å². The first kappa shape index (κ1) is 24.3. The summed E-state index contributed by atoms with van der Waals surface area (Å²) in [6.07, 6.45) is 0. The summed E-state index contributed by atoms with van der Waals surface area (Å²) in [7, 11) is 1.69. The summed E-state index contributed by atoms with van der Waals surface area (Å²) >= 11 is 1.33. The number of guanidine groups is 1. The van der Waals surface area contributed by atoms with Gasteiger partial charge in [-0.1, -0.05) is 19.0 Å². The van der Waals surface area contributed by atoms with E-state index in [9.17, 15) is 4.79 Å². The lowest BCUT2D eigenvalue weighted by molar-refractivity contribution is 0.0531. The van der Waals surface area contributed by atoms with Gasteiger partial charge in [0, 0.05) is 13.1 Å². The monoisotopic (exact) mass is 521 g/mol. The number of nitrogens with zero attached hydrogens (tertiary/aromatic N) is 3. The van der Waals surface area contributed by atoms with Gasteiger partial charge in [-0.15, -0.1) is 35.3 Å². The van der Waals surface area contributed by atoms with Crippen molar-refractivity contribution in [3.63, 3.8) is 0 Å². The summed E-state index contributed by atoms with van der Waals surface area (Å²) in [4.78, 5) is 21.2. The van der Waals surface area contributed by atoms with E-state index in [2.05, 4.69) is 39.6 Å². The molecule has 2 aromatic rings. The first-order valence-corrected chi connectivity index (χ1v) is 9.74. The van der Waals surface area contributed by atoms with Crippen molar-refractivity contribution in [1.29, 1.82) is 0 Å². The molecule has 0 saturated carbocycles. The Morgan fingerprint density at radius 2 is 2.11 bits per heavy atom. The molecule has 0 aliphatic carbocycles. The fourth-order valence-electron chi connectivity index (χ4n) is 2.31. The van der Waals surface area contributed by atoms with E-state index in [1.165, 1.54) is 11.3 Å². The Bertz CT molecular complexity index is 803. The number of aromatic nitrogens is 2. The van der Waals surface area contributed by atoms with Gasteiger partial charge < -0.3 is 19.9 Å². The van der Waals surface area contributed by atoms with Gasteiger partial charge >= 0.3 is 5.97 Å².